The van der Waals surface area contributed by atoms with E-state index in [0.717, 1.165) is 17.8 Å². The zero-order chi connectivity index (χ0) is 8.67. The molecule has 0 amide bonds. The maximum absolute atomic E-state index is 2.52. The van der Waals surface area contributed by atoms with Gasteiger partial charge in [-0.2, -0.15) is 0 Å². The molecule has 0 N–H and O–H groups in total. The van der Waals surface area contributed by atoms with E-state index in [0.29, 0.717) is 0 Å². The summed E-state index contributed by atoms with van der Waals surface area (Å²) in [5, 5.41) is 0. The van der Waals surface area contributed by atoms with Gasteiger partial charge in [-0.3, -0.25) is 0 Å². The number of hydrogen-bond acceptors (Lipinski definition) is 0. The molecule has 3 unspecified atom stereocenters. The third kappa shape index (κ3) is 1.26. The average Bonchev–Trinajstić information content (AvgIpc) is 2.47. The van der Waals surface area contributed by atoms with E-state index in [1.807, 2.05) is 5.57 Å². The van der Waals surface area contributed by atoms with Gasteiger partial charge in [0.25, 0.3) is 0 Å². The van der Waals surface area contributed by atoms with Crippen molar-refractivity contribution in [2.24, 2.45) is 17.8 Å². The molecule has 0 heteroatoms. The van der Waals surface area contributed by atoms with Crippen LogP contribution in [0.1, 0.15) is 51.4 Å². The Bertz CT molecular complexity index is 226. The van der Waals surface area contributed by atoms with Crippen molar-refractivity contribution in [1.29, 1.82) is 0 Å². The van der Waals surface area contributed by atoms with Gasteiger partial charge in [-0.1, -0.05) is 30.9 Å². The molecular formula is C13H20. The van der Waals surface area contributed by atoms with Crippen LogP contribution in [0.2, 0.25) is 0 Å². The SMILES string of the molecule is C1=C(C2CCC3CCCCC32)CC1. The lowest BCUT2D eigenvalue weighted by Crippen LogP contribution is -2.21. The zero-order valence-corrected chi connectivity index (χ0v) is 8.47. The molecule has 0 heterocycles. The highest BCUT2D eigenvalue weighted by Crippen LogP contribution is 2.50. The predicted octanol–water partition coefficient (Wildman–Crippen LogP) is 3.92. The Kier molecular flexibility index (Phi) is 1.96. The first-order valence-electron chi connectivity index (χ1n) is 6.14. The van der Waals surface area contributed by atoms with Crippen molar-refractivity contribution in [3.8, 4) is 0 Å². The van der Waals surface area contributed by atoms with Crippen LogP contribution < -0.4 is 0 Å². The van der Waals surface area contributed by atoms with Crippen molar-refractivity contribution < 1.29 is 0 Å². The Morgan fingerprint density at radius 2 is 1.85 bits per heavy atom. The molecule has 0 spiro atoms. The largest absolute Gasteiger partial charge is 0.0847 e. The molecule has 0 aromatic rings. The summed E-state index contributed by atoms with van der Waals surface area (Å²) < 4.78 is 0. The lowest BCUT2D eigenvalue weighted by atomic mass is 9.73. The minimum absolute atomic E-state index is 1.04. The quantitative estimate of drug-likeness (QED) is 0.531. The van der Waals surface area contributed by atoms with E-state index in [-0.39, 0.29) is 0 Å². The predicted molar refractivity (Wildman–Crippen MR) is 55.5 cm³/mol. The lowest BCUT2D eigenvalue weighted by molar-refractivity contribution is 0.240. The summed E-state index contributed by atoms with van der Waals surface area (Å²) >= 11 is 0. The van der Waals surface area contributed by atoms with E-state index in [1.54, 1.807) is 19.3 Å². The van der Waals surface area contributed by atoms with Crippen molar-refractivity contribution in [2.75, 3.05) is 0 Å². The van der Waals surface area contributed by atoms with Crippen LogP contribution in [0, 0.1) is 17.8 Å². The molecule has 13 heavy (non-hydrogen) atoms. The molecule has 0 aliphatic heterocycles. The van der Waals surface area contributed by atoms with Crippen LogP contribution in [-0.2, 0) is 0 Å². The second-order valence-corrected chi connectivity index (χ2v) is 5.21. The molecular weight excluding hydrogens is 156 g/mol. The molecule has 3 aliphatic carbocycles. The molecule has 3 atom stereocenters. The molecule has 0 aromatic heterocycles. The van der Waals surface area contributed by atoms with Gasteiger partial charge < -0.3 is 0 Å². The molecule has 72 valence electrons. The minimum atomic E-state index is 1.04. The topological polar surface area (TPSA) is 0 Å². The highest BCUT2D eigenvalue weighted by Gasteiger charge is 2.39. The van der Waals surface area contributed by atoms with Gasteiger partial charge in [-0.15, -0.1) is 0 Å². The Morgan fingerprint density at radius 3 is 2.62 bits per heavy atom. The van der Waals surface area contributed by atoms with E-state index in [4.69, 9.17) is 0 Å². The van der Waals surface area contributed by atoms with Crippen LogP contribution in [0.3, 0.4) is 0 Å². The van der Waals surface area contributed by atoms with Gasteiger partial charge in [0.15, 0.2) is 0 Å². The molecule has 3 aliphatic rings. The van der Waals surface area contributed by atoms with Crippen LogP contribution >= 0.6 is 0 Å². The fourth-order valence-corrected chi connectivity index (χ4v) is 3.84. The second kappa shape index (κ2) is 3.15. The summed E-state index contributed by atoms with van der Waals surface area (Å²) in [6.07, 6.45) is 14.5. The van der Waals surface area contributed by atoms with Crippen molar-refractivity contribution in [1.82, 2.24) is 0 Å². The van der Waals surface area contributed by atoms with Crippen LogP contribution in [0.5, 0.6) is 0 Å². The van der Waals surface area contributed by atoms with E-state index in [1.165, 1.54) is 32.1 Å². The van der Waals surface area contributed by atoms with E-state index in [9.17, 15) is 0 Å². The molecule has 0 nitrogen and oxygen atoms in total. The molecule has 0 saturated heterocycles. The van der Waals surface area contributed by atoms with E-state index < -0.39 is 0 Å². The van der Waals surface area contributed by atoms with Crippen molar-refractivity contribution >= 4 is 0 Å². The van der Waals surface area contributed by atoms with E-state index >= 15 is 0 Å². The first-order chi connectivity index (χ1) is 6.45. The van der Waals surface area contributed by atoms with Crippen LogP contribution in [0.4, 0.5) is 0 Å². The normalized spacial score (nSPS) is 43.7. The number of fused-ring (bicyclic) bond motifs is 1. The number of rotatable bonds is 1. The Hall–Kier alpha value is -0.260. The molecule has 3 rings (SSSR count). The minimum Gasteiger partial charge on any atom is -0.0847 e. The highest BCUT2D eigenvalue weighted by molar-refractivity contribution is 5.19. The van der Waals surface area contributed by atoms with Crippen molar-refractivity contribution in [2.45, 2.75) is 51.4 Å². The molecule has 0 bridgehead atoms. The van der Waals surface area contributed by atoms with Gasteiger partial charge in [0, 0.05) is 0 Å². The summed E-state index contributed by atoms with van der Waals surface area (Å²) in [6, 6.07) is 0. The summed E-state index contributed by atoms with van der Waals surface area (Å²) in [7, 11) is 0. The van der Waals surface area contributed by atoms with E-state index in [2.05, 4.69) is 6.08 Å². The molecule has 2 saturated carbocycles. The van der Waals surface area contributed by atoms with Crippen LogP contribution in [0.15, 0.2) is 11.6 Å². The highest BCUT2D eigenvalue weighted by atomic mass is 14.4. The average molecular weight is 176 g/mol. The third-order valence-corrected chi connectivity index (χ3v) is 4.65. The summed E-state index contributed by atoms with van der Waals surface area (Å²) in [5.41, 5.74) is 1.84. The van der Waals surface area contributed by atoms with Gasteiger partial charge in [-0.05, 0) is 49.9 Å². The molecule has 0 radical (unpaired) electrons. The maximum atomic E-state index is 2.52. The Balaban J connectivity index is 1.75. The maximum Gasteiger partial charge on any atom is -0.0172 e. The standard InChI is InChI=1S/C13H20/c1-2-7-12-11(4-1)8-9-13(12)10-5-3-6-10/h5,11-13H,1-4,6-9H2. The van der Waals surface area contributed by atoms with Crippen molar-refractivity contribution in [3.05, 3.63) is 11.6 Å². The van der Waals surface area contributed by atoms with Gasteiger partial charge in [-0.25, -0.2) is 0 Å². The van der Waals surface area contributed by atoms with Gasteiger partial charge in [0.1, 0.15) is 0 Å². The Morgan fingerprint density at radius 1 is 1.00 bits per heavy atom. The summed E-state index contributed by atoms with van der Waals surface area (Å²) in [4.78, 5) is 0. The first kappa shape index (κ1) is 8.08. The van der Waals surface area contributed by atoms with Crippen LogP contribution in [0.25, 0.3) is 0 Å². The fourth-order valence-electron chi connectivity index (χ4n) is 3.84. The summed E-state index contributed by atoms with van der Waals surface area (Å²) in [5.74, 6) is 3.28. The number of allylic oxidation sites excluding steroid dienone is 2. The third-order valence-electron chi connectivity index (χ3n) is 4.65. The van der Waals surface area contributed by atoms with Gasteiger partial charge in [0.2, 0.25) is 0 Å². The second-order valence-electron chi connectivity index (χ2n) is 5.21. The Labute approximate surface area is 81.4 Å². The zero-order valence-electron chi connectivity index (χ0n) is 8.47. The fraction of sp³-hybridized carbons (Fsp3) is 0.846. The lowest BCUT2D eigenvalue weighted by Gasteiger charge is -2.32. The van der Waals surface area contributed by atoms with Gasteiger partial charge in [0.05, 0.1) is 0 Å². The van der Waals surface area contributed by atoms with Crippen LogP contribution in [-0.4, -0.2) is 0 Å². The monoisotopic (exact) mass is 176 g/mol. The molecule has 2 fully saturated rings. The first-order valence-corrected chi connectivity index (χ1v) is 6.14. The summed E-state index contributed by atoms with van der Waals surface area (Å²) in [6.45, 7) is 0. The molecule has 0 aromatic carbocycles. The van der Waals surface area contributed by atoms with Gasteiger partial charge >= 0.3 is 0 Å². The van der Waals surface area contributed by atoms with Crippen molar-refractivity contribution in [3.63, 3.8) is 0 Å². The smallest absolute Gasteiger partial charge is 0.0172 e. The number of hydrogen-bond donors (Lipinski definition) is 0.